The van der Waals surface area contributed by atoms with E-state index in [2.05, 4.69) is 10.2 Å². The first kappa shape index (κ1) is 19.3. The van der Waals surface area contributed by atoms with Gasteiger partial charge in [0.05, 0.1) is 17.4 Å². The Kier molecular flexibility index (Phi) is 6.42. The van der Waals surface area contributed by atoms with Crippen LogP contribution in [0.15, 0.2) is 48.5 Å². The molecule has 2 aromatic rings. The van der Waals surface area contributed by atoms with Gasteiger partial charge in [-0.1, -0.05) is 48.0 Å². The van der Waals surface area contributed by atoms with E-state index in [0.717, 1.165) is 31.5 Å². The molecule has 7 heteroatoms. The lowest BCUT2D eigenvalue weighted by molar-refractivity contribution is -0.385. The Morgan fingerprint density at radius 2 is 1.81 bits per heavy atom. The lowest BCUT2D eigenvalue weighted by Gasteiger charge is -2.29. The average Bonchev–Trinajstić information content (AvgIpc) is 3.18. The number of amides is 1. The van der Waals surface area contributed by atoms with E-state index < -0.39 is 4.92 Å². The van der Waals surface area contributed by atoms with Crippen molar-refractivity contribution in [2.24, 2.45) is 0 Å². The van der Waals surface area contributed by atoms with Crippen molar-refractivity contribution in [2.45, 2.75) is 25.3 Å². The van der Waals surface area contributed by atoms with Gasteiger partial charge >= 0.3 is 0 Å². The number of benzene rings is 2. The van der Waals surface area contributed by atoms with Crippen LogP contribution in [0.4, 0.5) is 5.69 Å². The zero-order valence-corrected chi connectivity index (χ0v) is 15.7. The third-order valence-electron chi connectivity index (χ3n) is 4.88. The van der Waals surface area contributed by atoms with Crippen molar-refractivity contribution in [3.05, 3.63) is 74.8 Å². The van der Waals surface area contributed by atoms with Gasteiger partial charge in [0.25, 0.3) is 5.69 Å². The van der Waals surface area contributed by atoms with Gasteiger partial charge in [0, 0.05) is 23.2 Å². The largest absolute Gasteiger partial charge is 0.354 e. The third kappa shape index (κ3) is 4.84. The molecule has 1 atom stereocenters. The number of nitrogens with zero attached hydrogens (tertiary/aromatic N) is 2. The van der Waals surface area contributed by atoms with Crippen molar-refractivity contribution < 1.29 is 9.72 Å². The minimum absolute atomic E-state index is 0.00379. The molecule has 1 saturated heterocycles. The molecule has 0 aliphatic carbocycles. The molecule has 3 rings (SSSR count). The fourth-order valence-corrected chi connectivity index (χ4v) is 3.78. The van der Waals surface area contributed by atoms with Crippen LogP contribution in [0.25, 0.3) is 0 Å². The SMILES string of the molecule is O=C(Cc1ccccc1[N+](=O)[O-])NCC(c1ccccc1Cl)N1CCCC1. The van der Waals surface area contributed by atoms with E-state index in [1.807, 2.05) is 24.3 Å². The van der Waals surface area contributed by atoms with Crippen LogP contribution in [0.3, 0.4) is 0 Å². The van der Waals surface area contributed by atoms with Crippen LogP contribution in [0.1, 0.15) is 30.0 Å². The molecule has 0 saturated carbocycles. The summed E-state index contributed by atoms with van der Waals surface area (Å²) in [6.45, 7) is 2.36. The molecule has 1 unspecified atom stereocenters. The number of hydrogen-bond donors (Lipinski definition) is 1. The normalized spacial score (nSPS) is 15.4. The number of nitro groups is 1. The Balaban J connectivity index is 1.69. The van der Waals surface area contributed by atoms with Crippen LogP contribution in [0, 0.1) is 10.1 Å². The van der Waals surface area contributed by atoms with Crippen LogP contribution < -0.4 is 5.32 Å². The molecule has 1 aliphatic rings. The average molecular weight is 388 g/mol. The summed E-state index contributed by atoms with van der Waals surface area (Å²) in [6.07, 6.45) is 2.24. The summed E-state index contributed by atoms with van der Waals surface area (Å²) in [4.78, 5) is 25.4. The van der Waals surface area contributed by atoms with Gasteiger partial charge < -0.3 is 5.32 Å². The van der Waals surface area contributed by atoms with Crippen LogP contribution in [-0.4, -0.2) is 35.4 Å². The van der Waals surface area contributed by atoms with Gasteiger partial charge in [0.2, 0.25) is 5.91 Å². The summed E-state index contributed by atoms with van der Waals surface area (Å²) < 4.78 is 0. The van der Waals surface area contributed by atoms with E-state index in [1.165, 1.54) is 6.07 Å². The maximum Gasteiger partial charge on any atom is 0.273 e. The number of hydrogen-bond acceptors (Lipinski definition) is 4. The summed E-state index contributed by atoms with van der Waals surface area (Å²) in [7, 11) is 0. The van der Waals surface area contributed by atoms with Crippen LogP contribution in [0.2, 0.25) is 5.02 Å². The van der Waals surface area contributed by atoms with Crippen LogP contribution in [0.5, 0.6) is 0 Å². The van der Waals surface area contributed by atoms with Crippen LogP contribution >= 0.6 is 11.6 Å². The summed E-state index contributed by atoms with van der Waals surface area (Å²) in [5.41, 5.74) is 1.37. The molecule has 0 aromatic heterocycles. The first-order valence-corrected chi connectivity index (χ1v) is 9.41. The maximum atomic E-state index is 12.4. The highest BCUT2D eigenvalue weighted by Crippen LogP contribution is 2.29. The zero-order valence-electron chi connectivity index (χ0n) is 14.9. The van der Waals surface area contributed by atoms with Gasteiger partial charge in [-0.15, -0.1) is 0 Å². The number of likely N-dealkylation sites (tertiary alicyclic amines) is 1. The Labute approximate surface area is 163 Å². The van der Waals surface area contributed by atoms with Crippen molar-refractivity contribution in [3.8, 4) is 0 Å². The van der Waals surface area contributed by atoms with E-state index in [4.69, 9.17) is 11.6 Å². The minimum Gasteiger partial charge on any atom is -0.354 e. The molecular weight excluding hydrogens is 366 g/mol. The van der Waals surface area contributed by atoms with Crippen molar-refractivity contribution in [1.29, 1.82) is 0 Å². The molecule has 1 amide bonds. The number of para-hydroxylation sites is 1. The smallest absolute Gasteiger partial charge is 0.273 e. The first-order valence-electron chi connectivity index (χ1n) is 9.03. The maximum absolute atomic E-state index is 12.4. The quantitative estimate of drug-likeness (QED) is 0.580. The molecule has 1 aliphatic heterocycles. The van der Waals surface area contributed by atoms with Crippen LogP contribution in [-0.2, 0) is 11.2 Å². The second kappa shape index (κ2) is 8.97. The second-order valence-electron chi connectivity index (χ2n) is 6.65. The molecule has 6 nitrogen and oxygen atoms in total. The molecule has 0 radical (unpaired) electrons. The number of halogens is 1. The van der Waals surface area contributed by atoms with Crippen molar-refractivity contribution in [3.63, 3.8) is 0 Å². The fraction of sp³-hybridized carbons (Fsp3) is 0.350. The van der Waals surface area contributed by atoms with Gasteiger partial charge in [0.15, 0.2) is 0 Å². The van der Waals surface area contributed by atoms with E-state index in [9.17, 15) is 14.9 Å². The lowest BCUT2D eigenvalue weighted by Crippen LogP contribution is -2.37. The van der Waals surface area contributed by atoms with Gasteiger partial charge in [-0.25, -0.2) is 0 Å². The molecular formula is C20H22ClN3O3. The number of nitro benzene ring substituents is 1. The Hall–Kier alpha value is -2.44. The summed E-state index contributed by atoms with van der Waals surface area (Å²) in [5.74, 6) is -0.236. The van der Waals surface area contributed by atoms with Gasteiger partial charge in [0.1, 0.15) is 0 Å². The predicted molar refractivity (Wildman–Crippen MR) is 105 cm³/mol. The molecule has 1 heterocycles. The van der Waals surface area contributed by atoms with Gasteiger partial charge in [-0.2, -0.15) is 0 Å². The van der Waals surface area contributed by atoms with E-state index >= 15 is 0 Å². The second-order valence-corrected chi connectivity index (χ2v) is 7.05. The van der Waals surface area contributed by atoms with Gasteiger partial charge in [-0.05, 0) is 37.6 Å². The number of carbonyl (C=O) groups excluding carboxylic acids is 1. The summed E-state index contributed by atoms with van der Waals surface area (Å²) in [5, 5.41) is 14.7. The zero-order chi connectivity index (χ0) is 19.2. The highest BCUT2D eigenvalue weighted by molar-refractivity contribution is 6.31. The highest BCUT2D eigenvalue weighted by Gasteiger charge is 2.26. The minimum atomic E-state index is -0.459. The third-order valence-corrected chi connectivity index (χ3v) is 5.22. The molecule has 2 aromatic carbocycles. The van der Waals surface area contributed by atoms with Crippen molar-refractivity contribution >= 4 is 23.2 Å². The van der Waals surface area contributed by atoms with Crippen molar-refractivity contribution in [1.82, 2.24) is 10.2 Å². The van der Waals surface area contributed by atoms with E-state index in [-0.39, 0.29) is 24.1 Å². The fourth-order valence-electron chi connectivity index (χ4n) is 3.52. The highest BCUT2D eigenvalue weighted by atomic mass is 35.5. The summed E-state index contributed by atoms with van der Waals surface area (Å²) >= 11 is 6.38. The topological polar surface area (TPSA) is 75.5 Å². The molecule has 0 bridgehead atoms. The molecule has 0 spiro atoms. The Bertz CT molecular complexity index is 822. The predicted octanol–water partition coefficient (Wildman–Crippen LogP) is 3.74. The lowest BCUT2D eigenvalue weighted by atomic mass is 10.0. The number of nitrogens with one attached hydrogen (secondary N) is 1. The monoisotopic (exact) mass is 387 g/mol. The van der Waals surface area contributed by atoms with Gasteiger partial charge in [-0.3, -0.25) is 19.8 Å². The molecule has 142 valence electrons. The molecule has 1 fully saturated rings. The summed E-state index contributed by atoms with van der Waals surface area (Å²) in [6, 6.07) is 14.0. The molecule has 1 N–H and O–H groups in total. The standard InChI is InChI=1S/C20H22ClN3O3/c21-17-9-3-2-8-16(17)19(23-11-5-6-12-23)14-22-20(25)13-15-7-1-4-10-18(15)24(26)27/h1-4,7-10,19H,5-6,11-14H2,(H,22,25). The first-order chi connectivity index (χ1) is 13.1. The van der Waals surface area contributed by atoms with E-state index in [0.29, 0.717) is 17.1 Å². The number of rotatable bonds is 7. The Morgan fingerprint density at radius 1 is 1.15 bits per heavy atom. The molecule has 27 heavy (non-hydrogen) atoms. The Morgan fingerprint density at radius 3 is 2.52 bits per heavy atom. The number of carbonyl (C=O) groups is 1. The van der Waals surface area contributed by atoms with E-state index in [1.54, 1.807) is 18.2 Å². The van der Waals surface area contributed by atoms with Crippen molar-refractivity contribution in [2.75, 3.05) is 19.6 Å².